The monoisotopic (exact) mass is 558 g/mol. The number of benzene rings is 6. The Kier molecular flexibility index (Phi) is 5.98. The van der Waals surface area contributed by atoms with Gasteiger partial charge in [0, 0.05) is 11.0 Å². The fraction of sp³-hybridized carbons (Fsp3) is 0.0789. The Morgan fingerprint density at radius 1 is 0.721 bits per heavy atom. The van der Waals surface area contributed by atoms with Crippen molar-refractivity contribution in [3.05, 3.63) is 144 Å². The Hall–Kier alpha value is -5.39. The van der Waals surface area contributed by atoms with Crippen LogP contribution in [0.3, 0.4) is 0 Å². The van der Waals surface area contributed by atoms with Crippen molar-refractivity contribution in [1.82, 2.24) is 10.6 Å². The van der Waals surface area contributed by atoms with E-state index in [2.05, 4.69) is 108 Å². The Labute approximate surface area is 249 Å². The number of amidine groups is 1. The maximum absolute atomic E-state index is 6.50. The topological polar surface area (TPSA) is 75.6 Å². The quantitative estimate of drug-likeness (QED) is 0.189. The van der Waals surface area contributed by atoms with Crippen LogP contribution in [0, 0.1) is 0 Å². The average molecular weight is 559 g/mol. The van der Waals surface area contributed by atoms with Gasteiger partial charge in [0.05, 0.1) is 5.56 Å². The summed E-state index contributed by atoms with van der Waals surface area (Å²) in [6, 6.07) is 42.4. The van der Waals surface area contributed by atoms with E-state index >= 15 is 0 Å². The number of aliphatic imine (C=N–C) groups is 1. The summed E-state index contributed by atoms with van der Waals surface area (Å²) in [6.07, 6.45) is 1.56. The van der Waals surface area contributed by atoms with Crippen LogP contribution in [0.4, 0.5) is 5.88 Å². The summed E-state index contributed by atoms with van der Waals surface area (Å²) in [5, 5.41) is 15.9. The number of nitrogen functional groups attached to an aromatic ring is 1. The zero-order valence-corrected chi connectivity index (χ0v) is 23.7. The van der Waals surface area contributed by atoms with Crippen molar-refractivity contribution >= 4 is 60.6 Å². The van der Waals surface area contributed by atoms with Crippen LogP contribution >= 0.6 is 0 Å². The zero-order chi connectivity index (χ0) is 28.9. The number of para-hydroxylation sites is 1. The number of nitrogens with two attached hydrogens (primary N) is 1. The van der Waals surface area contributed by atoms with Gasteiger partial charge in [-0.2, -0.15) is 0 Å². The number of nitrogens with one attached hydrogen (secondary N) is 2. The molecule has 7 aromatic rings. The van der Waals surface area contributed by atoms with Gasteiger partial charge in [-0.1, -0.05) is 121 Å². The molecule has 0 saturated heterocycles. The van der Waals surface area contributed by atoms with E-state index < -0.39 is 0 Å². The van der Waals surface area contributed by atoms with Gasteiger partial charge in [-0.05, 0) is 56.4 Å². The van der Waals surface area contributed by atoms with Gasteiger partial charge < -0.3 is 15.5 Å². The summed E-state index contributed by atoms with van der Waals surface area (Å²) in [4.78, 5) is 5.22. The molecule has 0 spiro atoms. The SMILES string of the molecule is C/C=C(/C1=NC(c2ccccc2)NC(c2cccc3ccc4c5ccccc5ccc4c23)N1)c1c(N)oc2ccccc12. The lowest BCUT2D eigenvalue weighted by Gasteiger charge is -2.33. The van der Waals surface area contributed by atoms with E-state index in [1.807, 2.05) is 37.3 Å². The van der Waals surface area contributed by atoms with E-state index in [-0.39, 0.29) is 12.3 Å². The fourth-order valence-corrected chi connectivity index (χ4v) is 6.55. The van der Waals surface area contributed by atoms with E-state index in [4.69, 9.17) is 15.1 Å². The predicted octanol–water partition coefficient (Wildman–Crippen LogP) is 8.87. The van der Waals surface area contributed by atoms with E-state index in [0.717, 1.165) is 39.1 Å². The molecule has 5 nitrogen and oxygen atoms in total. The Morgan fingerprint density at radius 3 is 2.30 bits per heavy atom. The highest BCUT2D eigenvalue weighted by molar-refractivity contribution is 6.27. The minimum Gasteiger partial charge on any atom is -0.440 e. The van der Waals surface area contributed by atoms with Crippen molar-refractivity contribution in [1.29, 1.82) is 0 Å². The molecule has 0 aliphatic carbocycles. The third kappa shape index (κ3) is 4.17. The standard InChI is InChI=1S/C38H30N4O/c1-2-26(34-30-16-8-9-18-32(30)43-35(34)39)37-40-36(25-12-4-3-5-13-25)41-38(42-37)31-17-10-14-24-20-21-28-27-15-7-6-11-23(27)19-22-29(28)33(24)31/h2-22,36,38,41H,39H2,1H3,(H,40,42)/b26-2+. The highest BCUT2D eigenvalue weighted by Crippen LogP contribution is 2.39. The Balaban J connectivity index is 1.32. The lowest BCUT2D eigenvalue weighted by Crippen LogP contribution is -2.45. The molecule has 208 valence electrons. The van der Waals surface area contributed by atoms with Crippen molar-refractivity contribution in [2.24, 2.45) is 4.99 Å². The molecule has 1 aliphatic heterocycles. The summed E-state index contributed by atoms with van der Waals surface area (Å²) >= 11 is 0. The molecule has 1 aliphatic rings. The van der Waals surface area contributed by atoms with Crippen LogP contribution in [-0.2, 0) is 0 Å². The lowest BCUT2D eigenvalue weighted by molar-refractivity contribution is 0.412. The van der Waals surface area contributed by atoms with Gasteiger partial charge in [0.1, 0.15) is 23.8 Å². The van der Waals surface area contributed by atoms with Gasteiger partial charge in [-0.25, -0.2) is 4.99 Å². The first kappa shape index (κ1) is 25.3. The number of anilines is 1. The van der Waals surface area contributed by atoms with Gasteiger partial charge >= 0.3 is 0 Å². The summed E-state index contributed by atoms with van der Waals surface area (Å²) < 4.78 is 5.98. The Morgan fingerprint density at radius 2 is 1.44 bits per heavy atom. The van der Waals surface area contributed by atoms with Crippen LogP contribution in [0.1, 0.15) is 35.9 Å². The number of rotatable bonds is 4. The molecule has 0 saturated carbocycles. The predicted molar refractivity (Wildman–Crippen MR) is 179 cm³/mol. The molecule has 0 amide bonds. The average Bonchev–Trinajstić information content (AvgIpc) is 3.40. The largest absolute Gasteiger partial charge is 0.440 e. The summed E-state index contributed by atoms with van der Waals surface area (Å²) in [5.74, 6) is 1.15. The molecular weight excluding hydrogens is 528 g/mol. The first-order chi connectivity index (χ1) is 21.2. The third-order valence-corrected chi connectivity index (χ3v) is 8.52. The second-order valence-corrected chi connectivity index (χ2v) is 11.0. The fourth-order valence-electron chi connectivity index (χ4n) is 6.55. The third-order valence-electron chi connectivity index (χ3n) is 8.52. The second kappa shape index (κ2) is 10.2. The van der Waals surface area contributed by atoms with Crippen molar-refractivity contribution in [3.8, 4) is 0 Å². The van der Waals surface area contributed by atoms with Gasteiger partial charge in [-0.15, -0.1) is 0 Å². The molecule has 2 atom stereocenters. The number of furan rings is 1. The molecule has 1 aromatic heterocycles. The van der Waals surface area contributed by atoms with Crippen LogP contribution < -0.4 is 16.4 Å². The molecule has 2 unspecified atom stereocenters. The maximum Gasteiger partial charge on any atom is 0.199 e. The first-order valence-corrected chi connectivity index (χ1v) is 14.6. The lowest BCUT2D eigenvalue weighted by atomic mass is 9.92. The molecule has 5 heteroatoms. The summed E-state index contributed by atoms with van der Waals surface area (Å²) in [6.45, 7) is 2.02. The molecule has 0 radical (unpaired) electrons. The molecule has 2 heterocycles. The number of fused-ring (bicyclic) bond motifs is 6. The van der Waals surface area contributed by atoms with Crippen molar-refractivity contribution < 1.29 is 4.42 Å². The van der Waals surface area contributed by atoms with Gasteiger partial charge in [-0.3, -0.25) is 5.32 Å². The molecule has 6 aromatic carbocycles. The minimum atomic E-state index is -0.275. The minimum absolute atomic E-state index is 0.229. The second-order valence-electron chi connectivity index (χ2n) is 11.0. The van der Waals surface area contributed by atoms with E-state index in [1.54, 1.807) is 0 Å². The van der Waals surface area contributed by atoms with Crippen LogP contribution in [0.15, 0.2) is 137 Å². The molecule has 0 bridgehead atoms. The number of allylic oxidation sites excluding steroid dienone is 1. The highest BCUT2D eigenvalue weighted by Gasteiger charge is 2.30. The Bertz CT molecular complexity index is 2230. The molecule has 4 N–H and O–H groups in total. The van der Waals surface area contributed by atoms with Gasteiger partial charge in [0.15, 0.2) is 5.88 Å². The summed E-state index contributed by atoms with van der Waals surface area (Å²) in [5.41, 5.74) is 11.3. The zero-order valence-electron chi connectivity index (χ0n) is 23.7. The number of hydrogen-bond acceptors (Lipinski definition) is 5. The smallest absolute Gasteiger partial charge is 0.199 e. The molecule has 43 heavy (non-hydrogen) atoms. The number of nitrogens with zero attached hydrogens (tertiary/aromatic N) is 1. The van der Waals surface area contributed by atoms with Gasteiger partial charge in [0.25, 0.3) is 0 Å². The highest BCUT2D eigenvalue weighted by atomic mass is 16.3. The maximum atomic E-state index is 6.50. The molecule has 0 fully saturated rings. The summed E-state index contributed by atoms with van der Waals surface area (Å²) in [7, 11) is 0. The van der Waals surface area contributed by atoms with Crippen molar-refractivity contribution in [2.45, 2.75) is 19.3 Å². The van der Waals surface area contributed by atoms with Crippen LogP contribution in [-0.4, -0.2) is 5.84 Å². The van der Waals surface area contributed by atoms with Crippen molar-refractivity contribution in [2.75, 3.05) is 5.73 Å². The number of hydrogen-bond donors (Lipinski definition) is 3. The normalized spacial score (nSPS) is 17.4. The van der Waals surface area contributed by atoms with E-state index in [1.165, 1.54) is 32.3 Å². The van der Waals surface area contributed by atoms with Gasteiger partial charge in [0.2, 0.25) is 0 Å². The van der Waals surface area contributed by atoms with Crippen molar-refractivity contribution in [3.63, 3.8) is 0 Å². The van der Waals surface area contributed by atoms with Crippen LogP contribution in [0.25, 0.3) is 48.9 Å². The first-order valence-electron chi connectivity index (χ1n) is 14.6. The molecular formula is C38H30N4O. The van der Waals surface area contributed by atoms with Crippen LogP contribution in [0.2, 0.25) is 0 Å². The molecule has 8 rings (SSSR count). The van der Waals surface area contributed by atoms with Crippen LogP contribution in [0.5, 0.6) is 0 Å². The van der Waals surface area contributed by atoms with E-state index in [0.29, 0.717) is 5.88 Å². The van der Waals surface area contributed by atoms with E-state index in [9.17, 15) is 0 Å².